The van der Waals surface area contributed by atoms with Crippen LogP contribution in [0.1, 0.15) is 10.4 Å². The van der Waals surface area contributed by atoms with Crippen LogP contribution < -0.4 is 5.73 Å². The predicted octanol–water partition coefficient (Wildman–Crippen LogP) is 1.04. The number of carbonyl (C=O) groups excluding carboxylic acids is 1. The Morgan fingerprint density at radius 3 is 2.92 bits per heavy atom. The van der Waals surface area contributed by atoms with E-state index in [4.69, 9.17) is 5.73 Å². The van der Waals surface area contributed by atoms with Crippen LogP contribution in [0.4, 0.5) is 0 Å². The van der Waals surface area contributed by atoms with Crippen molar-refractivity contribution >= 4 is 11.4 Å². The molecule has 0 saturated carbocycles. The van der Waals surface area contributed by atoms with E-state index >= 15 is 0 Å². The summed E-state index contributed by atoms with van der Waals surface area (Å²) in [6.07, 6.45) is 3.60. The fourth-order valence-corrected chi connectivity index (χ4v) is 1.18. The van der Waals surface area contributed by atoms with E-state index in [0.717, 1.165) is 5.52 Å². The highest BCUT2D eigenvalue weighted by atomic mass is 16.1. The van der Waals surface area contributed by atoms with Gasteiger partial charge in [0.15, 0.2) is 0 Å². The van der Waals surface area contributed by atoms with Crippen molar-refractivity contribution in [3.63, 3.8) is 0 Å². The van der Waals surface area contributed by atoms with Gasteiger partial charge < -0.3 is 10.1 Å². The van der Waals surface area contributed by atoms with Gasteiger partial charge in [-0.2, -0.15) is 0 Å². The number of hydrogen-bond donors (Lipinski definition) is 1. The third kappa shape index (κ3) is 0.955. The topological polar surface area (TPSA) is 47.5 Å². The van der Waals surface area contributed by atoms with Crippen LogP contribution in [0, 0.1) is 0 Å². The number of nitrogens with two attached hydrogens (primary N) is 1. The molecule has 3 nitrogen and oxygen atoms in total. The normalized spacial score (nSPS) is 10.3. The highest BCUT2D eigenvalue weighted by Gasteiger charge is 1.99. The van der Waals surface area contributed by atoms with Crippen LogP contribution in [0.5, 0.6) is 0 Å². The summed E-state index contributed by atoms with van der Waals surface area (Å²) in [5.74, 6) is -0.398. The molecule has 1 amide bonds. The highest BCUT2D eigenvalue weighted by molar-refractivity contribution is 5.92. The lowest BCUT2D eigenvalue weighted by Gasteiger charge is -1.97. The van der Waals surface area contributed by atoms with E-state index in [1.54, 1.807) is 12.3 Å². The molecule has 0 radical (unpaired) electrons. The van der Waals surface area contributed by atoms with Gasteiger partial charge in [-0.05, 0) is 24.3 Å². The molecule has 60 valence electrons. The van der Waals surface area contributed by atoms with Crippen molar-refractivity contribution < 1.29 is 4.79 Å². The van der Waals surface area contributed by atoms with Gasteiger partial charge in [-0.25, -0.2) is 0 Å². The van der Waals surface area contributed by atoms with Crippen molar-refractivity contribution in [3.8, 4) is 0 Å². The number of nitrogens with zero attached hydrogens (tertiary/aromatic N) is 1. The van der Waals surface area contributed by atoms with E-state index in [1.807, 2.05) is 28.8 Å². The first-order valence-corrected chi connectivity index (χ1v) is 3.64. The molecule has 0 spiro atoms. The molecule has 3 heteroatoms. The Labute approximate surface area is 69.4 Å². The summed E-state index contributed by atoms with van der Waals surface area (Å²) in [7, 11) is 0. The predicted molar refractivity (Wildman–Crippen MR) is 45.9 cm³/mol. The van der Waals surface area contributed by atoms with E-state index in [0.29, 0.717) is 5.56 Å². The molecule has 0 saturated heterocycles. The Kier molecular flexibility index (Phi) is 1.37. The van der Waals surface area contributed by atoms with Gasteiger partial charge in [0.25, 0.3) is 0 Å². The number of carbonyl (C=O) groups is 1. The van der Waals surface area contributed by atoms with Crippen molar-refractivity contribution in [2.24, 2.45) is 5.73 Å². The minimum absolute atomic E-state index is 0.398. The van der Waals surface area contributed by atoms with E-state index in [-0.39, 0.29) is 0 Å². The van der Waals surface area contributed by atoms with Gasteiger partial charge in [0.2, 0.25) is 5.91 Å². The Morgan fingerprint density at radius 1 is 1.33 bits per heavy atom. The molecular formula is C9H8N2O. The Hall–Kier alpha value is -1.77. The van der Waals surface area contributed by atoms with Crippen molar-refractivity contribution in [2.45, 2.75) is 0 Å². The summed E-state index contributed by atoms with van der Waals surface area (Å²) < 4.78 is 1.86. The number of aromatic nitrogens is 1. The average molecular weight is 160 g/mol. The lowest BCUT2D eigenvalue weighted by Crippen LogP contribution is -2.11. The molecule has 0 fully saturated rings. The van der Waals surface area contributed by atoms with Crippen molar-refractivity contribution in [2.75, 3.05) is 0 Å². The second-order valence-corrected chi connectivity index (χ2v) is 2.62. The molecule has 0 aliphatic heterocycles. The quantitative estimate of drug-likeness (QED) is 0.665. The fraction of sp³-hybridized carbons (Fsp3) is 0. The van der Waals surface area contributed by atoms with Gasteiger partial charge in [-0.1, -0.05) is 0 Å². The average Bonchev–Trinajstić information content (AvgIpc) is 2.49. The van der Waals surface area contributed by atoms with E-state index in [2.05, 4.69) is 0 Å². The summed E-state index contributed by atoms with van der Waals surface area (Å²) in [4.78, 5) is 10.8. The standard InChI is InChI=1S/C9H8N2O/c10-9(12)7-3-4-8-2-1-5-11(8)6-7/h1-6H,(H2,10,12). The smallest absolute Gasteiger partial charge is 0.250 e. The van der Waals surface area contributed by atoms with Gasteiger partial charge in [-0.15, -0.1) is 0 Å². The van der Waals surface area contributed by atoms with Crippen LogP contribution in [0.15, 0.2) is 36.7 Å². The summed E-state index contributed by atoms with van der Waals surface area (Å²) in [6.45, 7) is 0. The first kappa shape index (κ1) is 6.91. The minimum atomic E-state index is -0.398. The second kappa shape index (κ2) is 2.37. The van der Waals surface area contributed by atoms with E-state index < -0.39 is 5.91 Å². The van der Waals surface area contributed by atoms with Crippen molar-refractivity contribution in [1.82, 2.24) is 4.40 Å². The zero-order valence-electron chi connectivity index (χ0n) is 6.40. The molecular weight excluding hydrogens is 152 g/mol. The third-order valence-electron chi connectivity index (χ3n) is 1.81. The molecule has 0 aliphatic carbocycles. The van der Waals surface area contributed by atoms with E-state index in [1.165, 1.54) is 0 Å². The molecule has 2 aromatic heterocycles. The summed E-state index contributed by atoms with van der Waals surface area (Å²) in [5.41, 5.74) is 6.70. The number of primary amides is 1. The highest BCUT2D eigenvalue weighted by Crippen LogP contribution is 2.06. The maximum absolute atomic E-state index is 10.8. The van der Waals surface area contributed by atoms with Crippen LogP contribution in [0.2, 0.25) is 0 Å². The van der Waals surface area contributed by atoms with Crippen LogP contribution in [0.25, 0.3) is 5.52 Å². The third-order valence-corrected chi connectivity index (χ3v) is 1.81. The number of rotatable bonds is 1. The van der Waals surface area contributed by atoms with Gasteiger partial charge in [-0.3, -0.25) is 4.79 Å². The number of fused-ring (bicyclic) bond motifs is 1. The maximum atomic E-state index is 10.8. The number of amides is 1. The zero-order chi connectivity index (χ0) is 8.55. The van der Waals surface area contributed by atoms with Crippen LogP contribution >= 0.6 is 0 Å². The Morgan fingerprint density at radius 2 is 2.17 bits per heavy atom. The van der Waals surface area contributed by atoms with Crippen LogP contribution in [-0.2, 0) is 0 Å². The maximum Gasteiger partial charge on any atom is 0.250 e. The van der Waals surface area contributed by atoms with Gasteiger partial charge >= 0.3 is 0 Å². The van der Waals surface area contributed by atoms with Crippen LogP contribution in [-0.4, -0.2) is 10.3 Å². The van der Waals surface area contributed by atoms with E-state index in [9.17, 15) is 4.79 Å². The van der Waals surface area contributed by atoms with Gasteiger partial charge in [0.05, 0.1) is 5.56 Å². The minimum Gasteiger partial charge on any atom is -0.366 e. The lowest BCUT2D eigenvalue weighted by atomic mass is 10.2. The summed E-state index contributed by atoms with van der Waals surface area (Å²) in [6, 6.07) is 7.46. The number of pyridine rings is 1. The molecule has 2 aromatic rings. The Balaban J connectivity index is 2.68. The fourth-order valence-electron chi connectivity index (χ4n) is 1.18. The molecule has 2 N–H and O–H groups in total. The monoisotopic (exact) mass is 160 g/mol. The lowest BCUT2D eigenvalue weighted by molar-refractivity contribution is 0.1000. The van der Waals surface area contributed by atoms with Crippen molar-refractivity contribution in [3.05, 3.63) is 42.2 Å². The van der Waals surface area contributed by atoms with Gasteiger partial charge in [0, 0.05) is 17.9 Å². The van der Waals surface area contributed by atoms with Gasteiger partial charge in [0.1, 0.15) is 0 Å². The molecule has 12 heavy (non-hydrogen) atoms. The number of hydrogen-bond acceptors (Lipinski definition) is 1. The zero-order valence-corrected chi connectivity index (χ0v) is 6.40. The largest absolute Gasteiger partial charge is 0.366 e. The summed E-state index contributed by atoms with van der Waals surface area (Å²) >= 11 is 0. The Bertz CT molecular complexity index is 431. The molecule has 2 rings (SSSR count). The van der Waals surface area contributed by atoms with Crippen molar-refractivity contribution in [1.29, 1.82) is 0 Å². The molecule has 0 aliphatic rings. The van der Waals surface area contributed by atoms with Crippen LogP contribution in [0.3, 0.4) is 0 Å². The SMILES string of the molecule is NC(=O)c1ccc2cccn2c1. The molecule has 0 bridgehead atoms. The molecule has 0 unspecified atom stereocenters. The molecule has 2 heterocycles. The first-order chi connectivity index (χ1) is 5.77. The second-order valence-electron chi connectivity index (χ2n) is 2.62. The summed E-state index contributed by atoms with van der Waals surface area (Å²) in [5, 5.41) is 0. The molecule has 0 atom stereocenters. The molecule has 0 aromatic carbocycles. The first-order valence-electron chi connectivity index (χ1n) is 3.64.